The van der Waals surface area contributed by atoms with Gasteiger partial charge in [0.1, 0.15) is 0 Å². The number of hydrogen-bond donors (Lipinski definition) is 3. The molecule has 1 saturated carbocycles. The number of rotatable bonds is 6. The molecule has 1 amide bonds. The Balaban J connectivity index is 0.00000312. The predicted octanol–water partition coefficient (Wildman–Crippen LogP) is 3.12. The molecule has 25 heavy (non-hydrogen) atoms. The Morgan fingerprint density at radius 1 is 1.20 bits per heavy atom. The van der Waals surface area contributed by atoms with Crippen molar-refractivity contribution in [1.29, 1.82) is 0 Å². The van der Waals surface area contributed by atoms with E-state index in [4.69, 9.17) is 0 Å². The van der Waals surface area contributed by atoms with Gasteiger partial charge >= 0.3 is 0 Å². The highest BCUT2D eigenvalue weighted by molar-refractivity contribution is 14.0. The van der Waals surface area contributed by atoms with Gasteiger partial charge in [0.15, 0.2) is 5.96 Å². The highest BCUT2D eigenvalue weighted by atomic mass is 127. The second kappa shape index (κ2) is 12.1. The van der Waals surface area contributed by atoms with Crippen molar-refractivity contribution in [2.75, 3.05) is 13.6 Å². The first-order valence-corrected chi connectivity index (χ1v) is 8.97. The number of carbonyl (C=O) groups is 1. The minimum absolute atomic E-state index is 0. The Morgan fingerprint density at radius 3 is 2.64 bits per heavy atom. The number of aryl methyl sites for hydroxylation is 1. The molecule has 0 radical (unpaired) electrons. The van der Waals surface area contributed by atoms with Gasteiger partial charge < -0.3 is 16.0 Å². The third-order valence-corrected chi connectivity index (χ3v) is 4.38. The van der Waals surface area contributed by atoms with Crippen molar-refractivity contribution in [3.8, 4) is 0 Å². The first-order chi connectivity index (χ1) is 11.7. The lowest BCUT2D eigenvalue weighted by molar-refractivity contribution is -0.121. The normalized spacial score (nSPS) is 15.2. The van der Waals surface area contributed by atoms with Gasteiger partial charge in [-0.1, -0.05) is 49.1 Å². The molecule has 3 N–H and O–H groups in total. The Morgan fingerprint density at radius 2 is 1.96 bits per heavy atom. The van der Waals surface area contributed by atoms with Gasteiger partial charge in [0.25, 0.3) is 0 Å². The molecule has 1 aromatic rings. The van der Waals surface area contributed by atoms with Gasteiger partial charge in [0.05, 0.1) is 0 Å². The predicted molar refractivity (Wildman–Crippen MR) is 114 cm³/mol. The van der Waals surface area contributed by atoms with Crippen LogP contribution in [-0.2, 0) is 11.3 Å². The largest absolute Gasteiger partial charge is 0.356 e. The zero-order valence-electron chi connectivity index (χ0n) is 15.3. The molecule has 0 heterocycles. The van der Waals surface area contributed by atoms with Crippen LogP contribution >= 0.6 is 24.0 Å². The zero-order chi connectivity index (χ0) is 17.2. The number of carbonyl (C=O) groups excluding carboxylic acids is 1. The van der Waals surface area contributed by atoms with E-state index in [1.807, 2.05) is 0 Å². The van der Waals surface area contributed by atoms with Crippen molar-refractivity contribution in [3.63, 3.8) is 0 Å². The Labute approximate surface area is 168 Å². The van der Waals surface area contributed by atoms with Gasteiger partial charge in [-0.3, -0.25) is 9.79 Å². The number of nitrogens with one attached hydrogen (secondary N) is 3. The lowest BCUT2D eigenvalue weighted by atomic mass is 9.95. The van der Waals surface area contributed by atoms with Crippen LogP contribution in [0.2, 0.25) is 0 Å². The summed E-state index contributed by atoms with van der Waals surface area (Å²) in [6.45, 7) is 3.39. The summed E-state index contributed by atoms with van der Waals surface area (Å²) in [7, 11) is 1.74. The van der Waals surface area contributed by atoms with Crippen molar-refractivity contribution in [1.82, 2.24) is 16.0 Å². The molecule has 2 rings (SSSR count). The van der Waals surface area contributed by atoms with E-state index in [1.165, 1.54) is 30.4 Å². The molecule has 6 heteroatoms. The van der Waals surface area contributed by atoms with Gasteiger partial charge in [-0.15, -0.1) is 24.0 Å². The number of halogens is 1. The van der Waals surface area contributed by atoms with Crippen LogP contribution < -0.4 is 16.0 Å². The average molecular weight is 458 g/mol. The first kappa shape index (κ1) is 21.7. The molecular formula is C19H31IN4O. The van der Waals surface area contributed by atoms with Gasteiger partial charge in [0.2, 0.25) is 5.91 Å². The summed E-state index contributed by atoms with van der Waals surface area (Å²) >= 11 is 0. The fourth-order valence-corrected chi connectivity index (χ4v) is 3.07. The molecule has 0 atom stereocenters. The van der Waals surface area contributed by atoms with Gasteiger partial charge in [0, 0.05) is 32.6 Å². The van der Waals surface area contributed by atoms with Crippen molar-refractivity contribution in [2.45, 2.75) is 58.0 Å². The van der Waals surface area contributed by atoms with Gasteiger partial charge in [-0.05, 0) is 25.3 Å². The van der Waals surface area contributed by atoms with Crippen LogP contribution in [0.3, 0.4) is 0 Å². The van der Waals surface area contributed by atoms with Crippen LogP contribution in [0, 0.1) is 6.92 Å². The standard InChI is InChI=1S/C19H30N4O.HI/c1-15-7-6-8-16(13-15)14-22-19(20-2)21-12-11-18(24)23-17-9-4-3-5-10-17;/h6-8,13,17H,3-5,9-12,14H2,1-2H3,(H,23,24)(H2,20,21,22);1H. The van der Waals surface area contributed by atoms with E-state index in [0.29, 0.717) is 19.0 Å². The fourth-order valence-electron chi connectivity index (χ4n) is 3.07. The molecule has 1 aromatic carbocycles. The second-order valence-electron chi connectivity index (χ2n) is 6.49. The molecule has 1 aliphatic carbocycles. The van der Waals surface area contributed by atoms with E-state index in [1.54, 1.807) is 7.05 Å². The lowest BCUT2D eigenvalue weighted by Crippen LogP contribution is -2.41. The topological polar surface area (TPSA) is 65.5 Å². The molecule has 140 valence electrons. The van der Waals surface area contributed by atoms with Crippen LogP contribution in [0.1, 0.15) is 49.7 Å². The minimum Gasteiger partial charge on any atom is -0.356 e. The number of benzene rings is 1. The lowest BCUT2D eigenvalue weighted by Gasteiger charge is -2.22. The molecule has 1 fully saturated rings. The second-order valence-corrected chi connectivity index (χ2v) is 6.49. The number of amides is 1. The SMILES string of the molecule is CN=C(NCCC(=O)NC1CCCCC1)NCc1cccc(C)c1.I. The van der Waals surface area contributed by atoms with Crippen molar-refractivity contribution in [2.24, 2.45) is 4.99 Å². The molecule has 0 aromatic heterocycles. The molecular weight excluding hydrogens is 427 g/mol. The van der Waals surface area contributed by atoms with Crippen LogP contribution in [0.25, 0.3) is 0 Å². The minimum atomic E-state index is 0. The molecule has 0 bridgehead atoms. The number of nitrogens with zero attached hydrogens (tertiary/aromatic N) is 1. The summed E-state index contributed by atoms with van der Waals surface area (Å²) < 4.78 is 0. The molecule has 0 saturated heterocycles. The van der Waals surface area contributed by atoms with E-state index in [9.17, 15) is 4.79 Å². The van der Waals surface area contributed by atoms with E-state index < -0.39 is 0 Å². The van der Waals surface area contributed by atoms with Crippen LogP contribution in [0.15, 0.2) is 29.3 Å². The maximum atomic E-state index is 12.0. The van der Waals surface area contributed by atoms with E-state index >= 15 is 0 Å². The highest BCUT2D eigenvalue weighted by Crippen LogP contribution is 2.17. The highest BCUT2D eigenvalue weighted by Gasteiger charge is 2.15. The third-order valence-electron chi connectivity index (χ3n) is 4.38. The van der Waals surface area contributed by atoms with Crippen LogP contribution in [0.5, 0.6) is 0 Å². The summed E-state index contributed by atoms with van der Waals surface area (Å²) in [5, 5.41) is 9.61. The summed E-state index contributed by atoms with van der Waals surface area (Å²) in [5.41, 5.74) is 2.46. The summed E-state index contributed by atoms with van der Waals surface area (Å²) in [4.78, 5) is 16.2. The maximum absolute atomic E-state index is 12.0. The van der Waals surface area contributed by atoms with E-state index in [2.05, 4.69) is 52.1 Å². The van der Waals surface area contributed by atoms with Crippen LogP contribution in [0.4, 0.5) is 0 Å². The quantitative estimate of drug-likeness (QED) is 0.349. The van der Waals surface area contributed by atoms with E-state index in [0.717, 1.165) is 25.3 Å². The fraction of sp³-hybridized carbons (Fsp3) is 0.579. The summed E-state index contributed by atoms with van der Waals surface area (Å²) in [6.07, 6.45) is 6.49. The average Bonchev–Trinajstić information content (AvgIpc) is 2.59. The zero-order valence-corrected chi connectivity index (χ0v) is 17.6. The maximum Gasteiger partial charge on any atom is 0.221 e. The molecule has 1 aliphatic rings. The summed E-state index contributed by atoms with van der Waals surface area (Å²) in [6, 6.07) is 8.76. The Kier molecular flexibility index (Phi) is 10.5. The molecule has 0 unspecified atom stereocenters. The van der Waals surface area contributed by atoms with Crippen molar-refractivity contribution in [3.05, 3.63) is 35.4 Å². The smallest absolute Gasteiger partial charge is 0.221 e. The Bertz CT molecular complexity index is 556. The summed E-state index contributed by atoms with van der Waals surface area (Å²) in [5.74, 6) is 0.852. The van der Waals surface area contributed by atoms with E-state index in [-0.39, 0.29) is 29.9 Å². The number of guanidine groups is 1. The molecule has 0 spiro atoms. The Hall–Kier alpha value is -1.31. The van der Waals surface area contributed by atoms with Crippen LogP contribution in [-0.4, -0.2) is 31.5 Å². The molecule has 0 aliphatic heterocycles. The van der Waals surface area contributed by atoms with Crippen molar-refractivity contribution < 1.29 is 4.79 Å². The third kappa shape index (κ3) is 8.56. The molecule has 5 nitrogen and oxygen atoms in total. The van der Waals surface area contributed by atoms with Gasteiger partial charge in [-0.25, -0.2) is 0 Å². The van der Waals surface area contributed by atoms with Gasteiger partial charge in [-0.2, -0.15) is 0 Å². The number of hydrogen-bond acceptors (Lipinski definition) is 2. The monoisotopic (exact) mass is 458 g/mol. The van der Waals surface area contributed by atoms with Crippen molar-refractivity contribution >= 4 is 35.8 Å². The number of aliphatic imine (C=N–C) groups is 1. The first-order valence-electron chi connectivity index (χ1n) is 8.97.